The Hall–Kier alpha value is -2.07. The van der Waals surface area contributed by atoms with Crippen molar-refractivity contribution in [2.45, 2.75) is 13.8 Å². The number of carbonyl (C=O) groups excluding carboxylic acids is 1. The van der Waals surface area contributed by atoms with Crippen LogP contribution in [0.2, 0.25) is 5.15 Å². The number of pyridine rings is 1. The molecular formula is C15H16ClN3O. The third kappa shape index (κ3) is 2.75. The second kappa shape index (κ2) is 5.92. The van der Waals surface area contributed by atoms with Crippen molar-refractivity contribution in [3.05, 3.63) is 52.8 Å². The van der Waals surface area contributed by atoms with Crippen LogP contribution in [0.4, 0.5) is 11.4 Å². The van der Waals surface area contributed by atoms with E-state index in [1.165, 1.54) is 6.20 Å². The zero-order valence-corrected chi connectivity index (χ0v) is 12.2. The van der Waals surface area contributed by atoms with Gasteiger partial charge in [0, 0.05) is 12.2 Å². The van der Waals surface area contributed by atoms with Crippen LogP contribution in [0, 0.1) is 6.92 Å². The van der Waals surface area contributed by atoms with Crippen LogP contribution in [0.3, 0.4) is 0 Å². The fraction of sp³-hybridized carbons (Fsp3) is 0.200. The number of aryl methyl sites for hydroxylation is 1. The maximum absolute atomic E-state index is 12.6. The van der Waals surface area contributed by atoms with E-state index in [1.807, 2.05) is 38.1 Å². The lowest BCUT2D eigenvalue weighted by molar-refractivity contribution is 0.0988. The van der Waals surface area contributed by atoms with Crippen LogP contribution in [0.25, 0.3) is 0 Å². The maximum atomic E-state index is 12.6. The molecule has 2 aromatic rings. The molecule has 2 rings (SSSR count). The zero-order chi connectivity index (χ0) is 14.7. The van der Waals surface area contributed by atoms with Crippen molar-refractivity contribution in [2.75, 3.05) is 17.2 Å². The Bertz CT molecular complexity index is 643. The predicted molar refractivity (Wildman–Crippen MR) is 82.2 cm³/mol. The summed E-state index contributed by atoms with van der Waals surface area (Å²) in [5.41, 5.74) is 8.30. The van der Waals surface area contributed by atoms with Crippen LogP contribution in [0.5, 0.6) is 0 Å². The molecule has 0 aliphatic rings. The van der Waals surface area contributed by atoms with Gasteiger partial charge in [0.2, 0.25) is 0 Å². The van der Waals surface area contributed by atoms with Crippen molar-refractivity contribution >= 4 is 28.9 Å². The molecule has 0 unspecified atom stereocenters. The topological polar surface area (TPSA) is 59.2 Å². The number of hydrogen-bond acceptors (Lipinski definition) is 3. The monoisotopic (exact) mass is 289 g/mol. The number of para-hydroxylation sites is 1. The van der Waals surface area contributed by atoms with E-state index in [1.54, 1.807) is 11.0 Å². The fourth-order valence-electron chi connectivity index (χ4n) is 2.05. The van der Waals surface area contributed by atoms with Gasteiger partial charge in [-0.25, -0.2) is 4.98 Å². The van der Waals surface area contributed by atoms with E-state index >= 15 is 0 Å². The molecule has 0 saturated carbocycles. The summed E-state index contributed by atoms with van der Waals surface area (Å²) in [7, 11) is 0. The molecule has 1 amide bonds. The summed E-state index contributed by atoms with van der Waals surface area (Å²) in [5.74, 6) is -0.202. The van der Waals surface area contributed by atoms with Crippen molar-refractivity contribution in [1.29, 1.82) is 0 Å². The Balaban J connectivity index is 2.45. The second-order valence-corrected chi connectivity index (χ2v) is 4.80. The van der Waals surface area contributed by atoms with Gasteiger partial charge in [0.15, 0.2) is 0 Å². The summed E-state index contributed by atoms with van der Waals surface area (Å²) in [4.78, 5) is 18.2. The largest absolute Gasteiger partial charge is 0.397 e. The van der Waals surface area contributed by atoms with Crippen molar-refractivity contribution in [1.82, 2.24) is 4.98 Å². The summed E-state index contributed by atoms with van der Waals surface area (Å²) in [6.45, 7) is 4.41. The number of nitrogen functional groups attached to an aromatic ring is 1. The Morgan fingerprint density at radius 2 is 2.10 bits per heavy atom. The van der Waals surface area contributed by atoms with Crippen LogP contribution in [0.1, 0.15) is 22.8 Å². The highest BCUT2D eigenvalue weighted by molar-refractivity contribution is 6.33. The molecule has 0 spiro atoms. The number of nitrogens with two attached hydrogens (primary N) is 1. The molecule has 2 N–H and O–H groups in total. The van der Waals surface area contributed by atoms with Crippen LogP contribution in [-0.4, -0.2) is 17.4 Å². The summed E-state index contributed by atoms with van der Waals surface area (Å²) < 4.78 is 0. The highest BCUT2D eigenvalue weighted by Gasteiger charge is 2.20. The van der Waals surface area contributed by atoms with Crippen LogP contribution in [-0.2, 0) is 0 Å². The van der Waals surface area contributed by atoms with Gasteiger partial charge in [-0.15, -0.1) is 0 Å². The number of nitrogens with zero attached hydrogens (tertiary/aromatic N) is 2. The first-order chi connectivity index (χ1) is 9.54. The summed E-state index contributed by atoms with van der Waals surface area (Å²) in [6, 6.07) is 9.26. The Morgan fingerprint density at radius 3 is 2.75 bits per heavy atom. The summed E-state index contributed by atoms with van der Waals surface area (Å²) in [6.07, 6.45) is 1.43. The third-order valence-corrected chi connectivity index (χ3v) is 3.36. The molecule has 0 radical (unpaired) electrons. The molecule has 1 aromatic carbocycles. The van der Waals surface area contributed by atoms with Crippen molar-refractivity contribution < 1.29 is 4.79 Å². The van der Waals surface area contributed by atoms with Gasteiger partial charge in [-0.1, -0.05) is 29.8 Å². The van der Waals surface area contributed by atoms with E-state index in [-0.39, 0.29) is 11.1 Å². The molecule has 5 heteroatoms. The molecule has 1 aromatic heterocycles. The van der Waals surface area contributed by atoms with Gasteiger partial charge in [-0.05, 0) is 31.5 Å². The molecule has 0 aliphatic carbocycles. The van der Waals surface area contributed by atoms with Crippen LogP contribution >= 0.6 is 11.6 Å². The predicted octanol–water partition coefficient (Wildman–Crippen LogP) is 3.29. The molecule has 20 heavy (non-hydrogen) atoms. The number of carbonyl (C=O) groups is 1. The number of rotatable bonds is 3. The van der Waals surface area contributed by atoms with Gasteiger partial charge >= 0.3 is 0 Å². The van der Waals surface area contributed by atoms with E-state index in [2.05, 4.69) is 4.98 Å². The molecule has 1 heterocycles. The molecule has 4 nitrogen and oxygen atoms in total. The minimum atomic E-state index is -0.202. The van der Waals surface area contributed by atoms with Gasteiger partial charge in [-0.3, -0.25) is 4.79 Å². The minimum absolute atomic E-state index is 0.163. The Morgan fingerprint density at radius 1 is 1.40 bits per heavy atom. The van der Waals surface area contributed by atoms with Gasteiger partial charge in [0.05, 0.1) is 17.4 Å². The average Bonchev–Trinajstić information content (AvgIpc) is 2.44. The second-order valence-electron chi connectivity index (χ2n) is 4.44. The lowest BCUT2D eigenvalue weighted by atomic mass is 10.1. The molecule has 0 fully saturated rings. The van der Waals surface area contributed by atoms with E-state index < -0.39 is 0 Å². The van der Waals surface area contributed by atoms with Gasteiger partial charge in [-0.2, -0.15) is 0 Å². The minimum Gasteiger partial charge on any atom is -0.397 e. The third-order valence-electron chi connectivity index (χ3n) is 3.06. The number of halogens is 1. The summed E-state index contributed by atoms with van der Waals surface area (Å²) in [5, 5.41) is 0.163. The van der Waals surface area contributed by atoms with Gasteiger partial charge in [0.1, 0.15) is 5.15 Å². The number of amides is 1. The molecule has 0 atom stereocenters. The Labute approximate surface area is 123 Å². The van der Waals surface area contributed by atoms with E-state index in [4.69, 9.17) is 17.3 Å². The lowest BCUT2D eigenvalue weighted by Crippen LogP contribution is -2.31. The normalized spacial score (nSPS) is 10.3. The number of aromatic nitrogens is 1. The van der Waals surface area contributed by atoms with Crippen LogP contribution < -0.4 is 10.6 Å². The summed E-state index contributed by atoms with van der Waals surface area (Å²) >= 11 is 6.01. The Kier molecular flexibility index (Phi) is 4.25. The number of benzene rings is 1. The molecular weight excluding hydrogens is 274 g/mol. The van der Waals surface area contributed by atoms with E-state index in [0.29, 0.717) is 17.8 Å². The van der Waals surface area contributed by atoms with Gasteiger partial charge in [0.25, 0.3) is 5.91 Å². The molecule has 0 saturated heterocycles. The number of hydrogen-bond donors (Lipinski definition) is 1. The van der Waals surface area contributed by atoms with Crippen molar-refractivity contribution in [3.8, 4) is 0 Å². The molecule has 0 bridgehead atoms. The highest BCUT2D eigenvalue weighted by Crippen LogP contribution is 2.24. The standard InChI is InChI=1S/C15H16ClN3O/c1-3-19(13-7-5-4-6-10(13)2)15(20)12-8-11(17)9-18-14(12)16/h4-9H,3,17H2,1-2H3. The van der Waals surface area contributed by atoms with Crippen molar-refractivity contribution in [2.24, 2.45) is 0 Å². The highest BCUT2D eigenvalue weighted by atomic mass is 35.5. The SMILES string of the molecule is CCN(C(=O)c1cc(N)cnc1Cl)c1ccccc1C. The maximum Gasteiger partial charge on any atom is 0.261 e. The van der Waals surface area contributed by atoms with Gasteiger partial charge < -0.3 is 10.6 Å². The van der Waals surface area contributed by atoms with Crippen LogP contribution in [0.15, 0.2) is 36.5 Å². The number of anilines is 2. The first-order valence-electron chi connectivity index (χ1n) is 6.33. The molecule has 0 aliphatic heterocycles. The molecule has 104 valence electrons. The zero-order valence-electron chi connectivity index (χ0n) is 11.4. The first kappa shape index (κ1) is 14.3. The first-order valence-corrected chi connectivity index (χ1v) is 6.71. The van der Waals surface area contributed by atoms with Crippen molar-refractivity contribution in [3.63, 3.8) is 0 Å². The quantitative estimate of drug-likeness (QED) is 0.882. The lowest BCUT2D eigenvalue weighted by Gasteiger charge is -2.23. The average molecular weight is 290 g/mol. The fourth-order valence-corrected chi connectivity index (χ4v) is 2.23. The van der Waals surface area contributed by atoms with E-state index in [0.717, 1.165) is 11.3 Å². The smallest absolute Gasteiger partial charge is 0.261 e. The van der Waals surface area contributed by atoms with E-state index in [9.17, 15) is 4.79 Å².